The smallest absolute Gasteiger partial charge is 0.240 e. The highest BCUT2D eigenvalue weighted by atomic mass is 31.0. The summed E-state index contributed by atoms with van der Waals surface area (Å²) in [4.78, 5) is 30.3. The van der Waals surface area contributed by atoms with Crippen LogP contribution in [0.15, 0.2) is 77.8 Å². The predicted molar refractivity (Wildman–Crippen MR) is 144 cm³/mol. The third-order valence-corrected chi connectivity index (χ3v) is 6.55. The fraction of sp³-hybridized carbons (Fsp3) is 0.179. The van der Waals surface area contributed by atoms with Crippen LogP contribution in [0.25, 0.3) is 5.76 Å². The third-order valence-electron chi connectivity index (χ3n) is 6.19. The molecule has 1 heterocycles. The Hall–Kier alpha value is -3.76. The van der Waals surface area contributed by atoms with Crippen molar-refractivity contribution >= 4 is 55.4 Å². The molecule has 2 amide bonds. The lowest BCUT2D eigenvalue weighted by atomic mass is 10.0. The van der Waals surface area contributed by atoms with Crippen molar-refractivity contribution in [1.29, 1.82) is 0 Å². The molecule has 176 valence electrons. The lowest BCUT2D eigenvalue weighted by Crippen LogP contribution is -2.35. The molecule has 1 aliphatic heterocycles. The molecule has 1 aliphatic carbocycles. The second kappa shape index (κ2) is 9.47. The van der Waals surface area contributed by atoms with Crippen LogP contribution in [0.5, 0.6) is 5.75 Å². The second-order valence-electron chi connectivity index (χ2n) is 8.88. The minimum atomic E-state index is -1.02. The highest BCUT2D eigenvalue weighted by molar-refractivity contribution is 7.27. The van der Waals surface area contributed by atoms with Crippen LogP contribution < -0.4 is 20.7 Å². The Labute approximate surface area is 206 Å². The number of hydrogen-bond donors (Lipinski definition) is 2. The van der Waals surface area contributed by atoms with Gasteiger partial charge in [-0.15, -0.1) is 9.24 Å². The Balaban J connectivity index is 1.24. The van der Waals surface area contributed by atoms with E-state index in [-0.39, 0.29) is 11.8 Å². The number of hydrogen-bond acceptors (Lipinski definition) is 4. The number of carbonyl (C=O) groups is 2. The average molecular weight is 484 g/mol. The second-order valence-corrected chi connectivity index (χ2v) is 9.54. The summed E-state index contributed by atoms with van der Waals surface area (Å²) in [5.74, 6) is 0.828. The van der Waals surface area contributed by atoms with Gasteiger partial charge in [-0.2, -0.15) is 0 Å². The summed E-state index contributed by atoms with van der Waals surface area (Å²) >= 11 is 0. The van der Waals surface area contributed by atoms with Gasteiger partial charge in [0, 0.05) is 29.6 Å². The number of nitrogens with one attached hydrogen (secondary N) is 2. The van der Waals surface area contributed by atoms with Crippen molar-refractivity contribution in [2.45, 2.75) is 26.2 Å². The van der Waals surface area contributed by atoms with E-state index < -0.39 is 5.41 Å². The quantitative estimate of drug-likeness (QED) is 0.365. The number of benzene rings is 3. The van der Waals surface area contributed by atoms with Crippen molar-refractivity contribution in [3.63, 3.8) is 0 Å². The van der Waals surface area contributed by atoms with Gasteiger partial charge in [0.1, 0.15) is 16.9 Å². The van der Waals surface area contributed by atoms with Gasteiger partial charge < -0.3 is 15.4 Å². The number of fused-ring (bicyclic) bond motifs is 1. The Bertz CT molecular complexity index is 1340. The van der Waals surface area contributed by atoms with E-state index in [0.29, 0.717) is 36.4 Å². The number of anilines is 2. The van der Waals surface area contributed by atoms with Crippen LogP contribution in [-0.2, 0) is 9.59 Å². The zero-order chi connectivity index (χ0) is 24.4. The molecule has 7 heteroatoms. The first kappa shape index (κ1) is 23.0. The first-order chi connectivity index (χ1) is 16.9. The minimum Gasteiger partial charge on any atom is -0.457 e. The normalized spacial score (nSPS) is 15.3. The van der Waals surface area contributed by atoms with E-state index >= 15 is 0 Å². The summed E-state index contributed by atoms with van der Waals surface area (Å²) in [6, 6.07) is 20.7. The summed E-state index contributed by atoms with van der Waals surface area (Å²) < 4.78 is 6.15. The van der Waals surface area contributed by atoms with E-state index in [0.717, 1.165) is 27.9 Å². The van der Waals surface area contributed by atoms with Gasteiger partial charge in [-0.05, 0) is 79.7 Å². The lowest BCUT2D eigenvalue weighted by Gasteiger charge is -2.16. The van der Waals surface area contributed by atoms with Crippen LogP contribution in [0.3, 0.4) is 0 Å². The van der Waals surface area contributed by atoms with Crippen molar-refractivity contribution in [3.05, 3.63) is 83.9 Å². The highest BCUT2D eigenvalue weighted by Crippen LogP contribution is 2.47. The first-order valence-corrected chi connectivity index (χ1v) is 12.1. The standard InChI is InChI=1S/C28H26N3O3P/c1-18-4-6-19(7-5-18)30-26(32)28(14-15-28)27(33)31-20-8-10-21(11-9-20)34-25-3-2-16-29-24-17-22(35)12-13-23(24)25/h3-13,16-17H,2,14-15,35H2,1H3,(H,30,32)(H,31,33). The van der Waals surface area contributed by atoms with Crippen LogP contribution >= 0.6 is 9.24 Å². The molecule has 0 bridgehead atoms. The van der Waals surface area contributed by atoms with Gasteiger partial charge in [0.15, 0.2) is 0 Å². The molecule has 1 saturated carbocycles. The fourth-order valence-electron chi connectivity index (χ4n) is 3.94. The van der Waals surface area contributed by atoms with Gasteiger partial charge >= 0.3 is 0 Å². The molecule has 2 N–H and O–H groups in total. The molecule has 3 aromatic carbocycles. The summed E-state index contributed by atoms with van der Waals surface area (Å²) in [5.41, 5.74) is 3.18. The molecule has 0 aromatic heterocycles. The summed E-state index contributed by atoms with van der Waals surface area (Å²) in [5, 5.41) is 6.82. The molecule has 2 aliphatic rings. The molecule has 1 fully saturated rings. The molecular weight excluding hydrogens is 457 g/mol. The lowest BCUT2D eigenvalue weighted by molar-refractivity contribution is -0.131. The van der Waals surface area contributed by atoms with Crippen LogP contribution in [-0.4, -0.2) is 18.0 Å². The maximum atomic E-state index is 13.0. The molecule has 1 unspecified atom stereocenters. The summed E-state index contributed by atoms with van der Waals surface area (Å²) in [6.45, 7) is 1.98. The molecule has 1 atom stereocenters. The summed E-state index contributed by atoms with van der Waals surface area (Å²) in [6.07, 6.45) is 5.60. The molecule has 3 aromatic rings. The van der Waals surface area contributed by atoms with E-state index in [2.05, 4.69) is 24.9 Å². The molecule has 35 heavy (non-hydrogen) atoms. The van der Waals surface area contributed by atoms with Crippen molar-refractivity contribution in [1.82, 2.24) is 0 Å². The van der Waals surface area contributed by atoms with E-state index in [9.17, 15) is 9.59 Å². The molecular formula is C28H26N3O3P. The third kappa shape index (κ3) is 5.03. The maximum Gasteiger partial charge on any atom is 0.240 e. The zero-order valence-electron chi connectivity index (χ0n) is 19.4. The van der Waals surface area contributed by atoms with E-state index in [1.165, 1.54) is 0 Å². The Morgan fingerprint density at radius 2 is 1.54 bits per heavy atom. The van der Waals surface area contributed by atoms with Crippen molar-refractivity contribution in [3.8, 4) is 5.75 Å². The van der Waals surface area contributed by atoms with E-state index in [1.54, 1.807) is 24.3 Å². The van der Waals surface area contributed by atoms with Crippen molar-refractivity contribution in [2.24, 2.45) is 10.4 Å². The fourth-order valence-corrected chi connectivity index (χ4v) is 4.19. The zero-order valence-corrected chi connectivity index (χ0v) is 20.5. The van der Waals surface area contributed by atoms with Gasteiger partial charge in [0.05, 0.1) is 5.69 Å². The van der Waals surface area contributed by atoms with Crippen LogP contribution in [0, 0.1) is 12.3 Å². The SMILES string of the molecule is Cc1ccc(NC(=O)C2(C(=O)Nc3ccc(OC4=CCC=Nc5cc(P)ccc54)cc3)CC2)cc1. The number of carbonyl (C=O) groups excluding carboxylic acids is 2. The van der Waals surface area contributed by atoms with Crippen molar-refractivity contribution in [2.75, 3.05) is 10.6 Å². The maximum absolute atomic E-state index is 13.0. The Morgan fingerprint density at radius 1 is 0.914 bits per heavy atom. The van der Waals surface area contributed by atoms with Crippen LogP contribution in [0.1, 0.15) is 30.4 Å². The summed E-state index contributed by atoms with van der Waals surface area (Å²) in [7, 11) is 2.68. The van der Waals surface area contributed by atoms with E-state index in [4.69, 9.17) is 4.74 Å². The van der Waals surface area contributed by atoms with Gasteiger partial charge in [-0.3, -0.25) is 14.6 Å². The topological polar surface area (TPSA) is 79.8 Å². The van der Waals surface area contributed by atoms with Gasteiger partial charge in [-0.25, -0.2) is 0 Å². The monoisotopic (exact) mass is 483 g/mol. The molecule has 0 saturated heterocycles. The Morgan fingerprint density at radius 3 is 2.17 bits per heavy atom. The van der Waals surface area contributed by atoms with Crippen molar-refractivity contribution < 1.29 is 14.3 Å². The number of allylic oxidation sites excluding steroid dienone is 1. The average Bonchev–Trinajstić information content (AvgIpc) is 3.68. The number of amides is 2. The largest absolute Gasteiger partial charge is 0.457 e. The number of rotatable bonds is 6. The molecule has 6 nitrogen and oxygen atoms in total. The van der Waals surface area contributed by atoms with Crippen LogP contribution in [0.2, 0.25) is 0 Å². The van der Waals surface area contributed by atoms with Gasteiger partial charge in [0.25, 0.3) is 0 Å². The number of aliphatic imine (C=N–C) groups is 1. The van der Waals surface area contributed by atoms with Crippen LogP contribution in [0.4, 0.5) is 17.1 Å². The van der Waals surface area contributed by atoms with E-state index in [1.807, 2.05) is 61.7 Å². The highest BCUT2D eigenvalue weighted by Gasteiger charge is 2.56. The molecule has 0 spiro atoms. The van der Waals surface area contributed by atoms with Gasteiger partial charge in [0.2, 0.25) is 11.8 Å². The number of aryl methyl sites for hydroxylation is 1. The van der Waals surface area contributed by atoms with Gasteiger partial charge in [-0.1, -0.05) is 23.8 Å². The number of ether oxygens (including phenoxy) is 1. The minimum absolute atomic E-state index is 0.270. The predicted octanol–water partition coefficient (Wildman–Crippen LogP) is 5.38. The first-order valence-electron chi connectivity index (χ1n) is 11.5. The number of nitrogens with zero attached hydrogens (tertiary/aromatic N) is 1. The molecule has 0 radical (unpaired) electrons. The molecule has 5 rings (SSSR count). The Kier molecular flexibility index (Phi) is 6.23.